The summed E-state index contributed by atoms with van der Waals surface area (Å²) in [6.07, 6.45) is -8.35. The number of alkyl halides is 9. The van der Waals surface area contributed by atoms with Gasteiger partial charge in [-0.05, 0) is 93.6 Å². The summed E-state index contributed by atoms with van der Waals surface area (Å²) in [5.41, 5.74) is 0.716. The maximum absolute atomic E-state index is 13.4. The highest BCUT2D eigenvalue weighted by Crippen LogP contribution is 2.34. The van der Waals surface area contributed by atoms with Crippen LogP contribution in [0.2, 0.25) is 0 Å². The van der Waals surface area contributed by atoms with Gasteiger partial charge in [0, 0.05) is 83.4 Å². The van der Waals surface area contributed by atoms with Gasteiger partial charge in [-0.25, -0.2) is 33.8 Å². The molecule has 36 heteroatoms. The molecule has 524 valence electrons. The summed E-state index contributed by atoms with van der Waals surface area (Å²) in [6, 6.07) is 32.9. The van der Waals surface area contributed by atoms with Gasteiger partial charge in [0.2, 0.25) is 5.91 Å². The summed E-state index contributed by atoms with van der Waals surface area (Å²) in [4.78, 5) is 108. The lowest BCUT2D eigenvalue weighted by atomic mass is 10.2. The average Bonchev–Trinajstić information content (AvgIpc) is 1.66. The first-order valence-electron chi connectivity index (χ1n) is 29.5. The Hall–Kier alpha value is -12.5. The number of nitrogen functional groups attached to an aromatic ring is 1. The number of para-hydroxylation sites is 3. The van der Waals surface area contributed by atoms with E-state index in [1.165, 1.54) is 61.9 Å². The molecule has 27 nitrogen and oxygen atoms in total. The predicted octanol–water partition coefficient (Wildman–Crippen LogP) is 8.23. The van der Waals surface area contributed by atoms with Crippen molar-refractivity contribution in [3.63, 3.8) is 0 Å². The molecule has 3 aromatic carbocycles. The molecule has 0 fully saturated rings. The minimum atomic E-state index is -4.83. The Kier molecular flexibility index (Phi) is 25.0. The van der Waals surface area contributed by atoms with Crippen LogP contribution in [-0.2, 0) is 28.1 Å². The lowest BCUT2D eigenvalue weighted by Crippen LogP contribution is -2.35. The molecule has 9 rings (SSSR count). The van der Waals surface area contributed by atoms with Crippen molar-refractivity contribution in [1.82, 2.24) is 76.2 Å². The van der Waals surface area contributed by atoms with Crippen molar-refractivity contribution in [2.45, 2.75) is 51.8 Å². The van der Waals surface area contributed by atoms with Gasteiger partial charge in [0.05, 0.1) is 50.4 Å². The summed E-state index contributed by atoms with van der Waals surface area (Å²) in [5.74, 6) is -3.98. The van der Waals surface area contributed by atoms with Crippen LogP contribution in [0.25, 0.3) is 17.1 Å². The molecule has 0 unspecified atom stereocenters. The third-order valence-electron chi connectivity index (χ3n) is 12.9. The van der Waals surface area contributed by atoms with Crippen LogP contribution in [0, 0.1) is 0 Å². The summed E-state index contributed by atoms with van der Waals surface area (Å²) in [6.45, 7) is 6.03. The third-order valence-corrected chi connectivity index (χ3v) is 12.9. The standard InChI is InChI=1S/C24H25F3N6O4.C21H19F3N6O3.C19H17F3N6O2/c1-23(2,3)37-22(36)31-18-10-9-15(13-30-18)20(34)28-11-12-29-21(35)17-14-33(16-7-5-4-6-8-16)32-19(17)24(25,26)27;1-13(31)28-17-8-7-14(11-27-17)19(32)25-9-10-26-20(33)16-12-30(15-5-3-2-4-6-15)29-18(16)21(22,23)24;20-19(21,22)16-14(11-28(27-16)13-4-2-1-3-5-13)18(30)25-9-8-24-17(29)12-6-7-15(23)26-10-12/h4-10,13-14H,11-12H2,1-3H3,(H,28,34)(H,29,35)(H,30,31,36);2-8,11-12H,9-10H2,1H3,(H,25,32)(H,26,33)(H,27,28,31);1-7,10-11H,8-9H2,(H2,23,26)(H,24,29)(H,25,30). The summed E-state index contributed by atoms with van der Waals surface area (Å²) in [5, 5.41) is 30.1. The van der Waals surface area contributed by atoms with Crippen molar-refractivity contribution < 1.29 is 82.6 Å². The lowest BCUT2D eigenvalue weighted by molar-refractivity contribution is -0.142. The van der Waals surface area contributed by atoms with E-state index in [9.17, 15) is 77.9 Å². The monoisotopic (exact) mass is 1400 g/mol. The summed E-state index contributed by atoms with van der Waals surface area (Å²) < 4.78 is 128. The highest BCUT2D eigenvalue weighted by Gasteiger charge is 2.42. The fourth-order valence-corrected chi connectivity index (χ4v) is 8.37. The molecule has 0 aliphatic carbocycles. The number of hydrogen-bond donors (Lipinski definition) is 9. The van der Waals surface area contributed by atoms with Gasteiger partial charge in [0.1, 0.15) is 23.1 Å². The third kappa shape index (κ3) is 22.3. The Labute approximate surface area is 561 Å². The second kappa shape index (κ2) is 33.4. The Morgan fingerprint density at radius 3 is 0.950 bits per heavy atom. The molecule has 0 bridgehead atoms. The topological polar surface area (TPSA) is 360 Å². The van der Waals surface area contributed by atoms with E-state index in [4.69, 9.17) is 10.5 Å². The van der Waals surface area contributed by atoms with Gasteiger partial charge in [-0.15, -0.1) is 0 Å². The average molecular weight is 1400 g/mol. The van der Waals surface area contributed by atoms with Gasteiger partial charge in [-0.2, -0.15) is 54.8 Å². The molecule has 0 radical (unpaired) electrons. The number of amides is 8. The second-order valence-corrected chi connectivity index (χ2v) is 21.7. The number of halogens is 9. The molecule has 0 aliphatic heterocycles. The molecular formula is C64H61F9N18O9. The zero-order valence-corrected chi connectivity index (χ0v) is 53.0. The summed E-state index contributed by atoms with van der Waals surface area (Å²) in [7, 11) is 0. The number of nitrogens with two attached hydrogens (primary N) is 1. The van der Waals surface area contributed by atoms with E-state index in [2.05, 4.69) is 72.8 Å². The molecule has 6 aromatic heterocycles. The molecule has 0 spiro atoms. The van der Waals surface area contributed by atoms with Gasteiger partial charge in [0.15, 0.2) is 17.1 Å². The number of pyridine rings is 3. The Morgan fingerprint density at radius 2 is 0.690 bits per heavy atom. The van der Waals surface area contributed by atoms with E-state index >= 15 is 0 Å². The number of nitrogens with zero attached hydrogens (tertiary/aromatic N) is 9. The number of rotatable bonds is 20. The van der Waals surface area contributed by atoms with Crippen LogP contribution >= 0.6 is 0 Å². The first-order valence-corrected chi connectivity index (χ1v) is 29.5. The Balaban J connectivity index is 0.000000212. The number of nitrogens with one attached hydrogen (secondary N) is 8. The van der Waals surface area contributed by atoms with Crippen molar-refractivity contribution in [1.29, 1.82) is 0 Å². The molecule has 100 heavy (non-hydrogen) atoms. The Bertz CT molecular complexity index is 4300. The molecule has 0 aliphatic rings. The number of carbonyl (C=O) groups excluding carboxylic acids is 8. The maximum atomic E-state index is 13.4. The van der Waals surface area contributed by atoms with Gasteiger partial charge in [-0.1, -0.05) is 54.6 Å². The Morgan fingerprint density at radius 1 is 0.400 bits per heavy atom. The molecule has 0 atom stereocenters. The number of aromatic nitrogens is 9. The lowest BCUT2D eigenvalue weighted by Gasteiger charge is -2.19. The predicted molar refractivity (Wildman–Crippen MR) is 341 cm³/mol. The SMILES string of the molecule is CC(=O)Nc1ccc(C(=O)NCCNC(=O)c2cn(-c3ccccc3)nc2C(F)(F)F)cn1.CC(C)(C)OC(=O)Nc1ccc(C(=O)NCCNC(=O)c2cn(-c3ccccc3)nc2C(F)(F)F)cn1.Nc1ccc(C(=O)NCCNC(=O)c2cn(-c3ccccc3)nc2C(F)(F)F)cn1. The first kappa shape index (κ1) is 74.9. The van der Waals surface area contributed by atoms with Crippen LogP contribution in [0.4, 0.5) is 61.8 Å². The van der Waals surface area contributed by atoms with E-state index in [0.29, 0.717) is 17.1 Å². The van der Waals surface area contributed by atoms with E-state index < -0.39 is 99.4 Å². The van der Waals surface area contributed by atoms with E-state index in [-0.39, 0.29) is 79.3 Å². The summed E-state index contributed by atoms with van der Waals surface area (Å²) >= 11 is 0. The molecule has 6 heterocycles. The molecule has 0 saturated heterocycles. The number of hydrogen-bond acceptors (Lipinski definition) is 16. The van der Waals surface area contributed by atoms with Crippen LogP contribution < -0.4 is 48.3 Å². The zero-order chi connectivity index (χ0) is 73.0. The molecule has 10 N–H and O–H groups in total. The molecule has 8 amide bonds. The number of benzene rings is 3. The van der Waals surface area contributed by atoms with E-state index in [0.717, 1.165) is 32.6 Å². The van der Waals surface area contributed by atoms with Crippen LogP contribution in [0.15, 0.2) is 165 Å². The maximum Gasteiger partial charge on any atom is 0.435 e. The second-order valence-electron chi connectivity index (χ2n) is 21.7. The minimum Gasteiger partial charge on any atom is -0.444 e. The van der Waals surface area contributed by atoms with E-state index in [1.54, 1.807) is 112 Å². The fraction of sp³-hybridized carbons (Fsp3) is 0.219. The van der Waals surface area contributed by atoms with E-state index in [1.807, 2.05) is 0 Å². The van der Waals surface area contributed by atoms with Crippen LogP contribution in [0.5, 0.6) is 0 Å². The van der Waals surface area contributed by atoms with Crippen LogP contribution in [-0.4, -0.2) is 137 Å². The van der Waals surface area contributed by atoms with Crippen molar-refractivity contribution in [3.8, 4) is 17.1 Å². The van der Waals surface area contributed by atoms with Crippen LogP contribution in [0.3, 0.4) is 0 Å². The van der Waals surface area contributed by atoms with Crippen LogP contribution in [0.1, 0.15) is 107 Å². The normalized spacial score (nSPS) is 11.2. The number of ether oxygens (including phenoxy) is 1. The van der Waals surface area contributed by atoms with Gasteiger partial charge >= 0.3 is 24.6 Å². The highest BCUT2D eigenvalue weighted by atomic mass is 19.4. The minimum absolute atomic E-state index is 0.00310. The highest BCUT2D eigenvalue weighted by molar-refractivity contribution is 5.98. The number of anilines is 3. The van der Waals surface area contributed by atoms with Crippen molar-refractivity contribution in [2.75, 3.05) is 55.6 Å². The van der Waals surface area contributed by atoms with Gasteiger partial charge < -0.3 is 47.7 Å². The van der Waals surface area contributed by atoms with Crippen molar-refractivity contribution in [2.24, 2.45) is 0 Å². The molecule has 0 saturated carbocycles. The largest absolute Gasteiger partial charge is 0.444 e. The van der Waals surface area contributed by atoms with Crippen molar-refractivity contribution in [3.05, 3.63) is 215 Å². The fourth-order valence-electron chi connectivity index (χ4n) is 8.37. The number of carbonyl (C=O) groups is 8. The zero-order valence-electron chi connectivity index (χ0n) is 53.0. The van der Waals surface area contributed by atoms with Gasteiger partial charge in [0.25, 0.3) is 35.4 Å². The molecule has 9 aromatic rings. The quantitative estimate of drug-likeness (QED) is 0.0256. The smallest absolute Gasteiger partial charge is 0.435 e. The van der Waals surface area contributed by atoms with Crippen molar-refractivity contribution >= 4 is 64.9 Å². The van der Waals surface area contributed by atoms with Gasteiger partial charge in [-0.3, -0.25) is 38.9 Å². The molecular weight excluding hydrogens is 1340 g/mol. The first-order chi connectivity index (χ1) is 47.2.